The Morgan fingerprint density at radius 2 is 1.70 bits per heavy atom. The normalized spacial score (nSPS) is 12.1. The van der Waals surface area contributed by atoms with Crippen LogP contribution in [0.5, 0.6) is 0 Å². The molecule has 0 saturated carbocycles. The molecule has 2 rings (SSSR count). The van der Waals surface area contributed by atoms with E-state index in [9.17, 15) is 0 Å². The summed E-state index contributed by atoms with van der Waals surface area (Å²) in [5.74, 6) is 1.11. The highest BCUT2D eigenvalue weighted by Gasteiger charge is 2.06. The van der Waals surface area contributed by atoms with Crippen LogP contribution in [0.15, 0.2) is 59.5 Å². The average Bonchev–Trinajstić information content (AvgIpc) is 2.49. The Hall–Kier alpha value is -1.41. The van der Waals surface area contributed by atoms with Crippen LogP contribution in [-0.2, 0) is 6.42 Å². The first-order valence-electron chi connectivity index (χ1n) is 7.32. The summed E-state index contributed by atoms with van der Waals surface area (Å²) < 4.78 is 0. The van der Waals surface area contributed by atoms with Crippen LogP contribution in [0.25, 0.3) is 0 Å². The zero-order valence-electron chi connectivity index (χ0n) is 12.3. The zero-order valence-corrected chi connectivity index (χ0v) is 13.1. The molecule has 1 unspecified atom stereocenters. The number of thioether (sulfide) groups is 1. The molecule has 0 spiro atoms. The molecule has 0 fully saturated rings. The van der Waals surface area contributed by atoms with Gasteiger partial charge in [0.25, 0.3) is 0 Å². The molecule has 0 aliphatic rings. The second kappa shape index (κ2) is 8.01. The number of rotatable bonds is 7. The molecule has 0 amide bonds. The number of nitrogens with one attached hydrogen (secondary N) is 1. The van der Waals surface area contributed by atoms with Gasteiger partial charge in [0.2, 0.25) is 0 Å². The van der Waals surface area contributed by atoms with Crippen molar-refractivity contribution in [3.63, 3.8) is 0 Å². The fraction of sp³-hybridized carbons (Fsp3) is 0.333. The van der Waals surface area contributed by atoms with Crippen LogP contribution in [0.3, 0.4) is 0 Å². The van der Waals surface area contributed by atoms with Gasteiger partial charge < -0.3 is 5.32 Å². The van der Waals surface area contributed by atoms with Crippen molar-refractivity contribution in [2.75, 3.05) is 11.1 Å². The first-order chi connectivity index (χ1) is 9.79. The standard InChI is InChI=1S/C18H23NS/c1-3-20-18-12-8-7-11-17(18)19-15(2)13-14-16-9-5-4-6-10-16/h4-12,15,19H,3,13-14H2,1-2H3. The third kappa shape index (κ3) is 4.61. The topological polar surface area (TPSA) is 12.0 Å². The van der Waals surface area contributed by atoms with Crippen molar-refractivity contribution in [3.8, 4) is 0 Å². The summed E-state index contributed by atoms with van der Waals surface area (Å²) in [6.07, 6.45) is 2.27. The lowest BCUT2D eigenvalue weighted by molar-refractivity contribution is 0.704. The summed E-state index contributed by atoms with van der Waals surface area (Å²) in [7, 11) is 0. The van der Waals surface area contributed by atoms with Crippen LogP contribution in [0, 0.1) is 0 Å². The zero-order chi connectivity index (χ0) is 14.2. The van der Waals surface area contributed by atoms with E-state index >= 15 is 0 Å². The maximum Gasteiger partial charge on any atom is 0.0480 e. The molecule has 0 bridgehead atoms. The molecule has 2 heteroatoms. The van der Waals surface area contributed by atoms with Crippen molar-refractivity contribution in [1.29, 1.82) is 0 Å². The van der Waals surface area contributed by atoms with Crippen molar-refractivity contribution in [3.05, 3.63) is 60.2 Å². The Labute approximate surface area is 126 Å². The summed E-state index contributed by atoms with van der Waals surface area (Å²) >= 11 is 1.90. The number of anilines is 1. The minimum Gasteiger partial charge on any atom is -0.382 e. The number of benzene rings is 2. The Morgan fingerprint density at radius 3 is 2.45 bits per heavy atom. The van der Waals surface area contributed by atoms with Crippen molar-refractivity contribution in [1.82, 2.24) is 0 Å². The first kappa shape index (κ1) is 15.0. The second-order valence-corrected chi connectivity index (χ2v) is 6.30. The molecule has 0 aromatic heterocycles. The van der Waals surface area contributed by atoms with Crippen LogP contribution in [0.1, 0.15) is 25.8 Å². The van der Waals surface area contributed by atoms with Crippen molar-refractivity contribution in [2.45, 2.75) is 37.6 Å². The van der Waals surface area contributed by atoms with Gasteiger partial charge in [0.1, 0.15) is 0 Å². The minimum absolute atomic E-state index is 0.480. The molecular weight excluding hydrogens is 262 g/mol. The third-order valence-corrected chi connectivity index (χ3v) is 4.25. The average molecular weight is 285 g/mol. The van der Waals surface area contributed by atoms with Crippen molar-refractivity contribution < 1.29 is 0 Å². The van der Waals surface area contributed by atoms with Gasteiger partial charge >= 0.3 is 0 Å². The molecule has 0 aliphatic carbocycles. The van der Waals surface area contributed by atoms with Gasteiger partial charge in [-0.05, 0) is 43.2 Å². The first-order valence-corrected chi connectivity index (χ1v) is 8.30. The fourth-order valence-electron chi connectivity index (χ4n) is 2.23. The Morgan fingerprint density at radius 1 is 1.00 bits per heavy atom. The lowest BCUT2D eigenvalue weighted by atomic mass is 10.1. The van der Waals surface area contributed by atoms with Gasteiger partial charge in [0, 0.05) is 16.6 Å². The van der Waals surface area contributed by atoms with E-state index in [0.717, 1.165) is 18.6 Å². The van der Waals surface area contributed by atoms with Gasteiger partial charge in [0.15, 0.2) is 0 Å². The fourth-order valence-corrected chi connectivity index (χ4v) is 3.00. The molecule has 0 heterocycles. The van der Waals surface area contributed by atoms with E-state index in [1.165, 1.54) is 16.1 Å². The van der Waals surface area contributed by atoms with Gasteiger partial charge in [-0.1, -0.05) is 49.4 Å². The van der Waals surface area contributed by atoms with Crippen LogP contribution < -0.4 is 5.32 Å². The molecule has 0 saturated heterocycles. The molecule has 0 radical (unpaired) electrons. The lowest BCUT2D eigenvalue weighted by Crippen LogP contribution is -2.16. The van der Waals surface area contributed by atoms with Gasteiger partial charge in [-0.15, -0.1) is 11.8 Å². The van der Waals surface area contributed by atoms with E-state index in [1.54, 1.807) is 0 Å². The van der Waals surface area contributed by atoms with E-state index in [2.05, 4.69) is 73.8 Å². The smallest absolute Gasteiger partial charge is 0.0480 e. The number of aryl methyl sites for hydroxylation is 1. The molecule has 0 aliphatic heterocycles. The van der Waals surface area contributed by atoms with Crippen molar-refractivity contribution in [2.24, 2.45) is 0 Å². The summed E-state index contributed by atoms with van der Waals surface area (Å²) in [6, 6.07) is 19.8. The largest absolute Gasteiger partial charge is 0.382 e. The van der Waals surface area contributed by atoms with E-state index < -0.39 is 0 Å². The SMILES string of the molecule is CCSc1ccccc1NC(C)CCc1ccccc1. The molecule has 1 nitrogen and oxygen atoms in total. The monoisotopic (exact) mass is 285 g/mol. The van der Waals surface area contributed by atoms with E-state index in [1.807, 2.05) is 11.8 Å². The molecule has 2 aromatic rings. The van der Waals surface area contributed by atoms with Gasteiger partial charge in [0.05, 0.1) is 0 Å². The summed E-state index contributed by atoms with van der Waals surface area (Å²) in [6.45, 7) is 4.45. The van der Waals surface area contributed by atoms with Crippen LogP contribution in [-0.4, -0.2) is 11.8 Å². The quantitative estimate of drug-likeness (QED) is 0.699. The van der Waals surface area contributed by atoms with Gasteiger partial charge in [-0.2, -0.15) is 0 Å². The predicted octanol–water partition coefficient (Wildman–Crippen LogP) is 5.23. The Balaban J connectivity index is 1.89. The molecule has 2 aromatic carbocycles. The summed E-state index contributed by atoms with van der Waals surface area (Å²) in [4.78, 5) is 1.35. The highest BCUT2D eigenvalue weighted by Crippen LogP contribution is 2.27. The molecule has 1 N–H and O–H groups in total. The maximum atomic E-state index is 3.64. The molecule has 1 atom stereocenters. The predicted molar refractivity (Wildman–Crippen MR) is 90.7 cm³/mol. The summed E-state index contributed by atoms with van der Waals surface area (Å²) in [5.41, 5.74) is 2.68. The number of hydrogen-bond acceptors (Lipinski definition) is 2. The summed E-state index contributed by atoms with van der Waals surface area (Å²) in [5, 5.41) is 3.64. The Kier molecular flexibility index (Phi) is 6.00. The van der Waals surface area contributed by atoms with Crippen LogP contribution in [0.2, 0.25) is 0 Å². The van der Waals surface area contributed by atoms with Crippen LogP contribution >= 0.6 is 11.8 Å². The molecular formula is C18H23NS. The highest BCUT2D eigenvalue weighted by molar-refractivity contribution is 7.99. The van der Waals surface area contributed by atoms with Crippen molar-refractivity contribution >= 4 is 17.4 Å². The van der Waals surface area contributed by atoms with Gasteiger partial charge in [-0.25, -0.2) is 0 Å². The van der Waals surface area contributed by atoms with Crippen LogP contribution in [0.4, 0.5) is 5.69 Å². The van der Waals surface area contributed by atoms with Gasteiger partial charge in [-0.3, -0.25) is 0 Å². The maximum absolute atomic E-state index is 3.64. The minimum atomic E-state index is 0.480. The second-order valence-electron chi connectivity index (χ2n) is 5.00. The highest BCUT2D eigenvalue weighted by atomic mass is 32.2. The lowest BCUT2D eigenvalue weighted by Gasteiger charge is -2.17. The van der Waals surface area contributed by atoms with E-state index in [4.69, 9.17) is 0 Å². The third-order valence-electron chi connectivity index (χ3n) is 3.30. The molecule has 20 heavy (non-hydrogen) atoms. The Bertz CT molecular complexity index is 510. The molecule has 106 valence electrons. The number of hydrogen-bond donors (Lipinski definition) is 1. The van der Waals surface area contributed by atoms with E-state index in [-0.39, 0.29) is 0 Å². The van der Waals surface area contributed by atoms with E-state index in [0.29, 0.717) is 6.04 Å². The number of para-hydroxylation sites is 1.